The molecule has 4 saturated carbocycles. The summed E-state index contributed by atoms with van der Waals surface area (Å²) in [7, 11) is 0. The molecule has 5 rings (SSSR count). The highest BCUT2D eigenvalue weighted by molar-refractivity contribution is 9.10. The Morgan fingerprint density at radius 3 is 2.33 bits per heavy atom. The Labute approximate surface area is 136 Å². The zero-order valence-corrected chi connectivity index (χ0v) is 14.4. The van der Waals surface area contributed by atoms with Crippen molar-refractivity contribution in [3.8, 4) is 0 Å². The first-order chi connectivity index (χ1) is 10.1. The van der Waals surface area contributed by atoms with E-state index in [9.17, 15) is 0 Å². The van der Waals surface area contributed by atoms with Crippen LogP contribution in [-0.2, 0) is 6.54 Å². The maximum atomic E-state index is 4.49. The topological polar surface area (TPSA) is 24.9 Å². The van der Waals surface area contributed by atoms with Gasteiger partial charge in [-0.2, -0.15) is 0 Å². The first kappa shape index (κ1) is 14.2. The molecule has 0 radical (unpaired) electrons. The van der Waals surface area contributed by atoms with Crippen molar-refractivity contribution in [1.82, 2.24) is 10.3 Å². The molecule has 2 nitrogen and oxygen atoms in total. The van der Waals surface area contributed by atoms with E-state index in [0.717, 1.165) is 34.5 Å². The van der Waals surface area contributed by atoms with Gasteiger partial charge in [-0.05, 0) is 96.7 Å². The normalized spacial score (nSPS) is 38.7. The third kappa shape index (κ3) is 2.68. The lowest BCUT2D eigenvalue weighted by molar-refractivity contribution is -0.0707. The Kier molecular flexibility index (Phi) is 3.61. The van der Waals surface area contributed by atoms with Crippen molar-refractivity contribution in [2.24, 2.45) is 23.2 Å². The molecule has 0 amide bonds. The monoisotopic (exact) mass is 348 g/mol. The molecule has 1 N–H and O–H groups in total. The van der Waals surface area contributed by atoms with Crippen molar-refractivity contribution in [3.63, 3.8) is 0 Å². The lowest BCUT2D eigenvalue weighted by Crippen LogP contribution is -2.54. The molecule has 1 unspecified atom stereocenters. The number of rotatable bonds is 4. The molecule has 0 saturated heterocycles. The molecular formula is C18H25BrN2. The van der Waals surface area contributed by atoms with Crippen molar-refractivity contribution < 1.29 is 0 Å². The third-order valence-corrected chi connectivity index (χ3v) is 6.85. The van der Waals surface area contributed by atoms with Crippen LogP contribution in [0.3, 0.4) is 0 Å². The minimum absolute atomic E-state index is 0.587. The van der Waals surface area contributed by atoms with Gasteiger partial charge in [0.15, 0.2) is 0 Å². The number of aromatic nitrogens is 1. The smallest absolute Gasteiger partial charge is 0.0542 e. The lowest BCUT2D eigenvalue weighted by atomic mass is 9.48. The lowest BCUT2D eigenvalue weighted by Gasteiger charge is -2.59. The Morgan fingerprint density at radius 1 is 1.19 bits per heavy atom. The first-order valence-electron chi connectivity index (χ1n) is 8.47. The average molecular weight is 349 g/mol. The molecule has 4 aliphatic carbocycles. The van der Waals surface area contributed by atoms with Gasteiger partial charge in [0.1, 0.15) is 0 Å². The molecule has 1 aromatic heterocycles. The SMILES string of the molecule is CC(NCc1ccc(Br)cn1)C12CC3CC(CC(C3)C1)C2. The quantitative estimate of drug-likeness (QED) is 0.863. The van der Waals surface area contributed by atoms with Crippen molar-refractivity contribution in [2.75, 3.05) is 0 Å². The summed E-state index contributed by atoms with van der Waals surface area (Å²) in [6, 6.07) is 4.82. The number of nitrogens with one attached hydrogen (secondary N) is 1. The Balaban J connectivity index is 1.42. The third-order valence-electron chi connectivity index (χ3n) is 6.38. The second-order valence-electron chi connectivity index (χ2n) is 7.85. The van der Waals surface area contributed by atoms with Crippen LogP contribution in [0.4, 0.5) is 0 Å². The average Bonchev–Trinajstić information content (AvgIpc) is 2.45. The minimum atomic E-state index is 0.587. The predicted molar refractivity (Wildman–Crippen MR) is 88.8 cm³/mol. The molecule has 4 bridgehead atoms. The molecule has 114 valence electrons. The van der Waals surface area contributed by atoms with Gasteiger partial charge < -0.3 is 5.32 Å². The molecule has 1 aromatic rings. The van der Waals surface area contributed by atoms with E-state index >= 15 is 0 Å². The minimum Gasteiger partial charge on any atom is -0.308 e. The van der Waals surface area contributed by atoms with Crippen LogP contribution in [0.5, 0.6) is 0 Å². The Hall–Kier alpha value is -0.410. The largest absolute Gasteiger partial charge is 0.308 e. The standard InChI is InChI=1S/C18H25BrN2/c1-12(20-11-17-3-2-16(19)10-21-17)18-7-13-4-14(8-18)6-15(5-13)9-18/h2-3,10,12-15,20H,4-9,11H2,1H3. The number of nitrogens with zero attached hydrogens (tertiary/aromatic N) is 1. The Morgan fingerprint density at radius 2 is 1.81 bits per heavy atom. The number of hydrogen-bond acceptors (Lipinski definition) is 2. The van der Waals surface area contributed by atoms with E-state index in [1.807, 2.05) is 6.20 Å². The van der Waals surface area contributed by atoms with Gasteiger partial charge in [0.2, 0.25) is 0 Å². The van der Waals surface area contributed by atoms with Crippen LogP contribution in [0.25, 0.3) is 0 Å². The van der Waals surface area contributed by atoms with Crippen molar-refractivity contribution >= 4 is 15.9 Å². The van der Waals surface area contributed by atoms with Crippen molar-refractivity contribution in [3.05, 3.63) is 28.5 Å². The zero-order chi connectivity index (χ0) is 14.4. The molecule has 4 fully saturated rings. The number of halogens is 1. The van der Waals surface area contributed by atoms with Gasteiger partial charge in [-0.1, -0.05) is 0 Å². The summed E-state index contributed by atoms with van der Waals surface area (Å²) in [6.45, 7) is 3.32. The van der Waals surface area contributed by atoms with Gasteiger partial charge in [-0.25, -0.2) is 0 Å². The van der Waals surface area contributed by atoms with E-state index < -0.39 is 0 Å². The van der Waals surface area contributed by atoms with Gasteiger partial charge in [-0.3, -0.25) is 4.98 Å². The summed E-state index contributed by atoms with van der Waals surface area (Å²) in [6.07, 6.45) is 10.9. The fraction of sp³-hybridized carbons (Fsp3) is 0.722. The zero-order valence-electron chi connectivity index (χ0n) is 12.8. The summed E-state index contributed by atoms with van der Waals surface area (Å²) in [5.41, 5.74) is 1.74. The van der Waals surface area contributed by atoms with Gasteiger partial charge in [-0.15, -0.1) is 0 Å². The van der Waals surface area contributed by atoms with E-state index in [1.165, 1.54) is 38.5 Å². The van der Waals surface area contributed by atoms with Crippen LogP contribution in [0.15, 0.2) is 22.8 Å². The maximum absolute atomic E-state index is 4.49. The first-order valence-corrected chi connectivity index (χ1v) is 9.26. The molecule has 1 atom stereocenters. The highest BCUT2D eigenvalue weighted by Gasteiger charge is 2.52. The fourth-order valence-electron chi connectivity index (χ4n) is 5.69. The van der Waals surface area contributed by atoms with E-state index in [2.05, 4.69) is 45.3 Å². The van der Waals surface area contributed by atoms with Crippen molar-refractivity contribution in [1.29, 1.82) is 0 Å². The molecule has 0 spiro atoms. The van der Waals surface area contributed by atoms with Crippen LogP contribution in [-0.4, -0.2) is 11.0 Å². The van der Waals surface area contributed by atoms with Crippen LogP contribution in [0.2, 0.25) is 0 Å². The van der Waals surface area contributed by atoms with E-state index in [-0.39, 0.29) is 0 Å². The molecule has 0 aliphatic heterocycles. The molecule has 4 aliphatic rings. The molecule has 1 heterocycles. The van der Waals surface area contributed by atoms with Gasteiger partial charge >= 0.3 is 0 Å². The number of pyridine rings is 1. The summed E-state index contributed by atoms with van der Waals surface area (Å²) >= 11 is 3.45. The Bertz CT molecular complexity index is 475. The van der Waals surface area contributed by atoms with E-state index in [4.69, 9.17) is 0 Å². The highest BCUT2D eigenvalue weighted by Crippen LogP contribution is 2.61. The van der Waals surface area contributed by atoms with E-state index in [1.54, 1.807) is 0 Å². The fourth-order valence-corrected chi connectivity index (χ4v) is 5.93. The molecule has 0 aromatic carbocycles. The molecule has 21 heavy (non-hydrogen) atoms. The summed E-state index contributed by atoms with van der Waals surface area (Å²) in [5.74, 6) is 3.10. The van der Waals surface area contributed by atoms with E-state index in [0.29, 0.717) is 11.5 Å². The van der Waals surface area contributed by atoms with Crippen LogP contribution in [0.1, 0.15) is 51.1 Å². The molecule has 3 heteroatoms. The van der Waals surface area contributed by atoms with Gasteiger partial charge in [0.25, 0.3) is 0 Å². The van der Waals surface area contributed by atoms with Gasteiger partial charge in [0, 0.05) is 23.3 Å². The second-order valence-corrected chi connectivity index (χ2v) is 8.77. The van der Waals surface area contributed by atoms with Crippen LogP contribution in [0, 0.1) is 23.2 Å². The van der Waals surface area contributed by atoms with Gasteiger partial charge in [0.05, 0.1) is 5.69 Å². The van der Waals surface area contributed by atoms with Crippen LogP contribution < -0.4 is 5.32 Å². The second kappa shape index (κ2) is 5.34. The number of hydrogen-bond donors (Lipinski definition) is 1. The predicted octanol–water partition coefficient (Wildman–Crippen LogP) is 4.54. The molecular weight excluding hydrogens is 324 g/mol. The summed E-state index contributed by atoms with van der Waals surface area (Å²) in [5, 5.41) is 3.80. The summed E-state index contributed by atoms with van der Waals surface area (Å²) < 4.78 is 1.06. The van der Waals surface area contributed by atoms with Crippen LogP contribution >= 0.6 is 15.9 Å². The maximum Gasteiger partial charge on any atom is 0.0542 e. The summed E-state index contributed by atoms with van der Waals surface area (Å²) in [4.78, 5) is 4.49. The van der Waals surface area contributed by atoms with Crippen molar-refractivity contribution in [2.45, 2.75) is 58.0 Å². The highest BCUT2D eigenvalue weighted by atomic mass is 79.9.